The summed E-state index contributed by atoms with van der Waals surface area (Å²) in [5, 5.41) is 6.62. The molecule has 15 heavy (non-hydrogen) atoms. The Kier molecular flexibility index (Phi) is 2.58. The summed E-state index contributed by atoms with van der Waals surface area (Å²) in [4.78, 5) is 0. The maximum Gasteiger partial charge on any atom is 0.132 e. The number of H-pyrrole nitrogens is 1. The molecule has 0 saturated heterocycles. The summed E-state index contributed by atoms with van der Waals surface area (Å²) in [6.45, 7) is 2.42. The van der Waals surface area contributed by atoms with E-state index in [0.29, 0.717) is 12.3 Å². The third kappa shape index (κ3) is 2.10. The van der Waals surface area contributed by atoms with E-state index in [1.165, 1.54) is 0 Å². The van der Waals surface area contributed by atoms with Crippen molar-refractivity contribution in [3.05, 3.63) is 41.7 Å². The number of nitrogens with zero attached hydrogens (tertiary/aromatic N) is 1. The molecule has 0 fully saturated rings. The van der Waals surface area contributed by atoms with Gasteiger partial charge in [-0.1, -0.05) is 18.2 Å². The van der Waals surface area contributed by atoms with Crippen LogP contribution in [0.1, 0.15) is 11.3 Å². The van der Waals surface area contributed by atoms with E-state index < -0.39 is 0 Å². The Labute approximate surface area is 88.1 Å². The summed E-state index contributed by atoms with van der Waals surface area (Å²) in [5.41, 5.74) is 8.21. The number of anilines is 1. The minimum absolute atomic E-state index is 0.413. The third-order valence-corrected chi connectivity index (χ3v) is 2.22. The van der Waals surface area contributed by atoms with Gasteiger partial charge in [0.2, 0.25) is 0 Å². The van der Waals surface area contributed by atoms with Crippen LogP contribution in [0.3, 0.4) is 0 Å². The van der Waals surface area contributed by atoms with E-state index in [-0.39, 0.29) is 0 Å². The van der Waals surface area contributed by atoms with Crippen molar-refractivity contribution >= 4 is 5.69 Å². The normalized spacial score (nSPS) is 10.2. The van der Waals surface area contributed by atoms with E-state index in [1.807, 2.05) is 31.2 Å². The van der Waals surface area contributed by atoms with Crippen LogP contribution < -0.4 is 10.5 Å². The lowest BCUT2D eigenvalue weighted by molar-refractivity contribution is 0.300. The molecule has 0 aliphatic carbocycles. The number of para-hydroxylation sites is 1. The van der Waals surface area contributed by atoms with Crippen molar-refractivity contribution in [1.82, 2.24) is 10.2 Å². The zero-order valence-corrected chi connectivity index (χ0v) is 8.53. The quantitative estimate of drug-likeness (QED) is 0.800. The Balaban J connectivity index is 2.06. The summed E-state index contributed by atoms with van der Waals surface area (Å²) in [6, 6.07) is 7.86. The zero-order chi connectivity index (χ0) is 10.7. The van der Waals surface area contributed by atoms with E-state index >= 15 is 0 Å². The molecular weight excluding hydrogens is 190 g/mol. The molecule has 1 heterocycles. The summed E-state index contributed by atoms with van der Waals surface area (Å²) < 4.78 is 5.61. The second kappa shape index (κ2) is 4.04. The van der Waals surface area contributed by atoms with Crippen LogP contribution in [0.4, 0.5) is 5.69 Å². The number of rotatable bonds is 3. The molecule has 1 aromatic heterocycles. The topological polar surface area (TPSA) is 63.9 Å². The van der Waals surface area contributed by atoms with Crippen LogP contribution in [0.2, 0.25) is 0 Å². The van der Waals surface area contributed by atoms with Gasteiger partial charge in [-0.25, -0.2) is 0 Å². The highest BCUT2D eigenvalue weighted by Gasteiger charge is 2.03. The minimum Gasteiger partial charge on any atom is -0.487 e. The molecule has 0 amide bonds. The number of nitrogens with one attached hydrogen (secondary N) is 1. The maximum absolute atomic E-state index is 5.67. The second-order valence-corrected chi connectivity index (χ2v) is 3.36. The minimum atomic E-state index is 0.413. The van der Waals surface area contributed by atoms with Crippen LogP contribution >= 0.6 is 0 Å². The van der Waals surface area contributed by atoms with Crippen molar-refractivity contribution in [3.63, 3.8) is 0 Å². The number of hydrogen-bond acceptors (Lipinski definition) is 3. The standard InChI is InChI=1S/C11H13N3O/c1-8-4-2-3-5-11(8)15-7-10-9(12)6-13-14-10/h2-6H,7,12H2,1H3,(H,13,14). The molecule has 0 aliphatic heterocycles. The van der Waals surface area contributed by atoms with Crippen LogP contribution in [0, 0.1) is 6.92 Å². The van der Waals surface area contributed by atoms with Crippen LogP contribution in [0.15, 0.2) is 30.5 Å². The van der Waals surface area contributed by atoms with Crippen LogP contribution in [0.5, 0.6) is 5.75 Å². The van der Waals surface area contributed by atoms with E-state index in [4.69, 9.17) is 10.5 Å². The first kappa shape index (κ1) is 9.58. The number of aryl methyl sites for hydroxylation is 1. The van der Waals surface area contributed by atoms with Gasteiger partial charge in [-0.15, -0.1) is 0 Å². The fraction of sp³-hybridized carbons (Fsp3) is 0.182. The Morgan fingerprint density at radius 3 is 2.87 bits per heavy atom. The molecule has 0 saturated carbocycles. The van der Waals surface area contributed by atoms with E-state index in [9.17, 15) is 0 Å². The van der Waals surface area contributed by atoms with Crippen LogP contribution in [-0.4, -0.2) is 10.2 Å². The highest BCUT2D eigenvalue weighted by Crippen LogP contribution is 2.18. The fourth-order valence-corrected chi connectivity index (χ4v) is 1.31. The highest BCUT2D eigenvalue weighted by atomic mass is 16.5. The molecule has 4 heteroatoms. The molecule has 4 nitrogen and oxygen atoms in total. The molecule has 0 atom stereocenters. The number of aromatic amines is 1. The largest absolute Gasteiger partial charge is 0.487 e. The number of ether oxygens (including phenoxy) is 1. The molecule has 2 aromatic rings. The van der Waals surface area contributed by atoms with Gasteiger partial charge in [0.15, 0.2) is 0 Å². The van der Waals surface area contributed by atoms with Gasteiger partial charge in [-0.2, -0.15) is 5.10 Å². The van der Waals surface area contributed by atoms with E-state index in [1.54, 1.807) is 6.20 Å². The molecule has 78 valence electrons. The Morgan fingerprint density at radius 2 is 2.20 bits per heavy atom. The van der Waals surface area contributed by atoms with Crippen molar-refractivity contribution in [2.45, 2.75) is 13.5 Å². The highest BCUT2D eigenvalue weighted by molar-refractivity contribution is 5.40. The average molecular weight is 203 g/mol. The zero-order valence-electron chi connectivity index (χ0n) is 8.53. The van der Waals surface area contributed by atoms with Gasteiger partial charge in [0.1, 0.15) is 12.4 Å². The van der Waals surface area contributed by atoms with Crippen molar-refractivity contribution < 1.29 is 4.74 Å². The van der Waals surface area contributed by atoms with Gasteiger partial charge in [0.25, 0.3) is 0 Å². The van der Waals surface area contributed by atoms with Gasteiger partial charge < -0.3 is 10.5 Å². The summed E-state index contributed by atoms with van der Waals surface area (Å²) in [7, 11) is 0. The molecule has 0 aliphatic rings. The Bertz CT molecular complexity index is 451. The van der Waals surface area contributed by atoms with Crippen molar-refractivity contribution in [2.75, 3.05) is 5.73 Å². The Morgan fingerprint density at radius 1 is 1.40 bits per heavy atom. The van der Waals surface area contributed by atoms with Gasteiger partial charge >= 0.3 is 0 Å². The first-order valence-electron chi connectivity index (χ1n) is 4.73. The number of aromatic nitrogens is 2. The van der Waals surface area contributed by atoms with Gasteiger partial charge in [-0.3, -0.25) is 5.10 Å². The second-order valence-electron chi connectivity index (χ2n) is 3.36. The predicted molar refractivity (Wildman–Crippen MR) is 58.5 cm³/mol. The number of benzene rings is 1. The predicted octanol–water partition coefficient (Wildman–Crippen LogP) is 1.88. The van der Waals surface area contributed by atoms with Crippen LogP contribution in [-0.2, 0) is 6.61 Å². The summed E-state index contributed by atoms with van der Waals surface area (Å²) in [5.74, 6) is 0.867. The van der Waals surface area contributed by atoms with E-state index in [2.05, 4.69) is 10.2 Å². The maximum atomic E-state index is 5.67. The first-order chi connectivity index (χ1) is 7.27. The average Bonchev–Trinajstić information content (AvgIpc) is 2.63. The monoisotopic (exact) mass is 203 g/mol. The molecule has 0 spiro atoms. The molecule has 0 bridgehead atoms. The third-order valence-electron chi connectivity index (χ3n) is 2.22. The smallest absolute Gasteiger partial charge is 0.132 e. The van der Waals surface area contributed by atoms with E-state index in [0.717, 1.165) is 17.0 Å². The number of hydrogen-bond donors (Lipinski definition) is 2. The number of nitrogen functional groups attached to an aromatic ring is 1. The first-order valence-corrected chi connectivity index (χ1v) is 4.73. The van der Waals surface area contributed by atoms with Gasteiger partial charge in [0, 0.05) is 0 Å². The van der Waals surface area contributed by atoms with Gasteiger partial charge in [-0.05, 0) is 18.6 Å². The molecule has 3 N–H and O–H groups in total. The fourth-order valence-electron chi connectivity index (χ4n) is 1.31. The van der Waals surface area contributed by atoms with Crippen molar-refractivity contribution in [2.24, 2.45) is 0 Å². The lowest BCUT2D eigenvalue weighted by Crippen LogP contribution is -2.00. The molecular formula is C11H13N3O. The van der Waals surface area contributed by atoms with Crippen molar-refractivity contribution in [1.29, 1.82) is 0 Å². The molecule has 1 aromatic carbocycles. The van der Waals surface area contributed by atoms with Crippen molar-refractivity contribution in [3.8, 4) is 5.75 Å². The Hall–Kier alpha value is -1.97. The lowest BCUT2D eigenvalue weighted by Gasteiger charge is -2.07. The summed E-state index contributed by atoms with van der Waals surface area (Å²) >= 11 is 0. The molecule has 0 radical (unpaired) electrons. The SMILES string of the molecule is Cc1ccccc1OCc1[nH]ncc1N. The number of nitrogens with two attached hydrogens (primary N) is 1. The summed E-state index contributed by atoms with van der Waals surface area (Å²) in [6.07, 6.45) is 1.58. The molecule has 2 rings (SSSR count). The molecule has 0 unspecified atom stereocenters. The van der Waals surface area contributed by atoms with Crippen LogP contribution in [0.25, 0.3) is 0 Å². The van der Waals surface area contributed by atoms with Gasteiger partial charge in [0.05, 0.1) is 17.6 Å². The lowest BCUT2D eigenvalue weighted by atomic mass is 10.2.